The molecule has 2 fully saturated rings. The van der Waals surface area contributed by atoms with Crippen LogP contribution in [0.1, 0.15) is 18.4 Å². The molecule has 2 saturated heterocycles. The molecule has 6 heteroatoms. The first kappa shape index (κ1) is 15.6. The summed E-state index contributed by atoms with van der Waals surface area (Å²) in [7, 11) is 1.96. The zero-order valence-electron chi connectivity index (χ0n) is 14.1. The van der Waals surface area contributed by atoms with Crippen LogP contribution in [0.25, 0.3) is 0 Å². The topological polar surface area (TPSA) is 52.4 Å². The van der Waals surface area contributed by atoms with Crippen molar-refractivity contribution in [3.63, 3.8) is 0 Å². The zero-order valence-corrected chi connectivity index (χ0v) is 14.1. The van der Waals surface area contributed by atoms with E-state index in [1.54, 1.807) is 6.20 Å². The molecule has 2 aliphatic rings. The van der Waals surface area contributed by atoms with Gasteiger partial charge in [0.1, 0.15) is 0 Å². The maximum atomic E-state index is 6.13. The van der Waals surface area contributed by atoms with Crippen LogP contribution in [-0.2, 0) is 18.3 Å². The Hall–Kier alpha value is -1.92. The van der Waals surface area contributed by atoms with Gasteiger partial charge in [-0.05, 0) is 24.8 Å². The molecule has 0 aliphatic carbocycles. The molecule has 2 aromatic heterocycles. The van der Waals surface area contributed by atoms with Gasteiger partial charge in [-0.25, -0.2) is 4.98 Å². The van der Waals surface area contributed by atoms with Gasteiger partial charge in [0.2, 0.25) is 5.88 Å². The Kier molecular flexibility index (Phi) is 4.24. The lowest BCUT2D eigenvalue weighted by atomic mass is 9.79. The van der Waals surface area contributed by atoms with E-state index in [9.17, 15) is 0 Å². The summed E-state index contributed by atoms with van der Waals surface area (Å²) in [5, 5.41) is 4.24. The van der Waals surface area contributed by atoms with E-state index in [-0.39, 0.29) is 5.60 Å². The van der Waals surface area contributed by atoms with Gasteiger partial charge in [-0.3, -0.25) is 9.58 Å². The van der Waals surface area contributed by atoms with E-state index in [4.69, 9.17) is 9.47 Å². The number of hydrogen-bond donors (Lipinski definition) is 0. The first-order valence-electron chi connectivity index (χ1n) is 8.61. The van der Waals surface area contributed by atoms with Gasteiger partial charge in [-0.15, -0.1) is 0 Å². The van der Waals surface area contributed by atoms with Crippen LogP contribution in [0.15, 0.2) is 36.8 Å². The molecular weight excluding hydrogens is 304 g/mol. The molecule has 0 radical (unpaired) electrons. The van der Waals surface area contributed by atoms with Crippen molar-refractivity contribution in [3.05, 3.63) is 42.4 Å². The summed E-state index contributed by atoms with van der Waals surface area (Å²) in [5.41, 5.74) is 1.30. The standard InChI is InChI=1S/C18H24N4O2/c1-21-11-15(10-20-21)12-22-13-18(14-22)16(6-9-24-18)5-8-23-17-4-2-3-7-19-17/h2-4,7,10-11,16H,5-6,8-9,12-14H2,1H3. The van der Waals surface area contributed by atoms with E-state index < -0.39 is 0 Å². The zero-order chi connectivity index (χ0) is 16.4. The second-order valence-electron chi connectivity index (χ2n) is 6.87. The van der Waals surface area contributed by atoms with E-state index in [0.29, 0.717) is 18.4 Å². The first-order valence-corrected chi connectivity index (χ1v) is 8.61. The van der Waals surface area contributed by atoms with Crippen molar-refractivity contribution in [2.45, 2.75) is 25.0 Å². The smallest absolute Gasteiger partial charge is 0.213 e. The lowest BCUT2D eigenvalue weighted by Crippen LogP contribution is -2.64. The molecule has 2 aromatic rings. The van der Waals surface area contributed by atoms with E-state index >= 15 is 0 Å². The maximum Gasteiger partial charge on any atom is 0.213 e. The highest BCUT2D eigenvalue weighted by Gasteiger charge is 2.52. The van der Waals surface area contributed by atoms with E-state index in [0.717, 1.165) is 39.1 Å². The summed E-state index contributed by atoms with van der Waals surface area (Å²) in [6.07, 6.45) is 7.94. The largest absolute Gasteiger partial charge is 0.478 e. The predicted octanol–water partition coefficient (Wildman–Crippen LogP) is 1.88. The molecule has 4 rings (SSSR count). The van der Waals surface area contributed by atoms with Crippen molar-refractivity contribution in [1.82, 2.24) is 19.7 Å². The lowest BCUT2D eigenvalue weighted by Gasteiger charge is -2.50. The fourth-order valence-electron chi connectivity index (χ4n) is 3.91. The van der Waals surface area contributed by atoms with Gasteiger partial charge in [0.25, 0.3) is 0 Å². The van der Waals surface area contributed by atoms with Crippen molar-refractivity contribution in [2.24, 2.45) is 13.0 Å². The number of aryl methyl sites for hydroxylation is 1. The number of hydrogen-bond acceptors (Lipinski definition) is 5. The van der Waals surface area contributed by atoms with Crippen molar-refractivity contribution < 1.29 is 9.47 Å². The molecule has 0 saturated carbocycles. The van der Waals surface area contributed by atoms with Crippen LogP contribution >= 0.6 is 0 Å². The quantitative estimate of drug-likeness (QED) is 0.810. The second kappa shape index (κ2) is 6.53. The first-order chi connectivity index (χ1) is 11.7. The Morgan fingerprint density at radius 3 is 3.04 bits per heavy atom. The third kappa shape index (κ3) is 3.16. The molecule has 1 unspecified atom stereocenters. The third-order valence-corrected chi connectivity index (χ3v) is 5.10. The SMILES string of the molecule is Cn1cc(CN2CC3(C2)OCCC3CCOc2ccccn2)cn1. The van der Waals surface area contributed by atoms with Crippen LogP contribution in [0.5, 0.6) is 5.88 Å². The average molecular weight is 328 g/mol. The summed E-state index contributed by atoms with van der Waals surface area (Å²) >= 11 is 0. The minimum Gasteiger partial charge on any atom is -0.478 e. The van der Waals surface area contributed by atoms with Crippen LogP contribution in [0.3, 0.4) is 0 Å². The fourth-order valence-corrected chi connectivity index (χ4v) is 3.91. The number of nitrogens with zero attached hydrogens (tertiary/aromatic N) is 4. The molecule has 1 atom stereocenters. The van der Waals surface area contributed by atoms with Gasteiger partial charge >= 0.3 is 0 Å². The Labute approximate surface area is 142 Å². The molecule has 0 amide bonds. The molecule has 4 heterocycles. The Morgan fingerprint density at radius 1 is 1.38 bits per heavy atom. The van der Waals surface area contributed by atoms with E-state index in [1.807, 2.05) is 36.1 Å². The van der Waals surface area contributed by atoms with E-state index in [2.05, 4.69) is 21.2 Å². The molecule has 0 N–H and O–H groups in total. The van der Waals surface area contributed by atoms with Crippen LogP contribution in [0.4, 0.5) is 0 Å². The van der Waals surface area contributed by atoms with Gasteiger partial charge < -0.3 is 9.47 Å². The van der Waals surface area contributed by atoms with Gasteiger partial charge in [-0.2, -0.15) is 5.10 Å². The molecule has 128 valence electrons. The second-order valence-corrected chi connectivity index (χ2v) is 6.87. The van der Waals surface area contributed by atoms with E-state index in [1.165, 1.54) is 5.56 Å². The molecular formula is C18H24N4O2. The molecule has 0 aromatic carbocycles. The fraction of sp³-hybridized carbons (Fsp3) is 0.556. The number of rotatable bonds is 6. The average Bonchev–Trinajstić information content (AvgIpc) is 3.15. The van der Waals surface area contributed by atoms with Crippen molar-refractivity contribution in [1.29, 1.82) is 0 Å². The maximum absolute atomic E-state index is 6.13. The predicted molar refractivity (Wildman–Crippen MR) is 89.6 cm³/mol. The van der Waals surface area contributed by atoms with Crippen LogP contribution in [-0.4, -0.2) is 51.6 Å². The highest BCUT2D eigenvalue weighted by atomic mass is 16.5. The number of aromatic nitrogens is 3. The highest BCUT2D eigenvalue weighted by Crippen LogP contribution is 2.42. The molecule has 0 bridgehead atoms. The number of pyridine rings is 1. The van der Waals surface area contributed by atoms with Crippen molar-refractivity contribution in [3.8, 4) is 5.88 Å². The van der Waals surface area contributed by atoms with Crippen molar-refractivity contribution >= 4 is 0 Å². The number of likely N-dealkylation sites (tertiary alicyclic amines) is 1. The molecule has 1 spiro atoms. The van der Waals surface area contributed by atoms with Crippen molar-refractivity contribution in [2.75, 3.05) is 26.3 Å². The molecule has 6 nitrogen and oxygen atoms in total. The summed E-state index contributed by atoms with van der Waals surface area (Å²) in [6, 6.07) is 5.75. The van der Waals surface area contributed by atoms with Gasteiger partial charge in [0, 0.05) is 57.3 Å². The summed E-state index contributed by atoms with van der Waals surface area (Å²) in [6.45, 7) is 4.55. The summed E-state index contributed by atoms with van der Waals surface area (Å²) in [5.74, 6) is 1.28. The minimum absolute atomic E-state index is 0.0374. The number of ether oxygens (including phenoxy) is 2. The van der Waals surface area contributed by atoms with Gasteiger partial charge in [0.15, 0.2) is 0 Å². The third-order valence-electron chi connectivity index (χ3n) is 5.10. The monoisotopic (exact) mass is 328 g/mol. The normalized spacial score (nSPS) is 22.6. The Morgan fingerprint density at radius 2 is 2.29 bits per heavy atom. The lowest BCUT2D eigenvalue weighted by molar-refractivity contribution is -0.138. The molecule has 2 aliphatic heterocycles. The minimum atomic E-state index is 0.0374. The Bertz CT molecular complexity index is 667. The summed E-state index contributed by atoms with van der Waals surface area (Å²) in [4.78, 5) is 6.64. The molecule has 24 heavy (non-hydrogen) atoms. The highest BCUT2D eigenvalue weighted by molar-refractivity contribution is 5.11. The van der Waals surface area contributed by atoms with Gasteiger partial charge in [-0.1, -0.05) is 6.07 Å². The van der Waals surface area contributed by atoms with Crippen LogP contribution in [0, 0.1) is 5.92 Å². The van der Waals surface area contributed by atoms with Crippen LogP contribution in [0.2, 0.25) is 0 Å². The Balaban J connectivity index is 1.26. The van der Waals surface area contributed by atoms with Gasteiger partial charge in [0.05, 0.1) is 18.4 Å². The summed E-state index contributed by atoms with van der Waals surface area (Å²) < 4.78 is 13.8. The van der Waals surface area contributed by atoms with Crippen LogP contribution < -0.4 is 4.74 Å².